The highest BCUT2D eigenvalue weighted by atomic mass is 16.5. The van der Waals surface area contributed by atoms with E-state index in [-0.39, 0.29) is 6.61 Å². The molecule has 0 amide bonds. The average molecular weight is 244 g/mol. The van der Waals surface area contributed by atoms with Crippen LogP contribution in [-0.2, 0) is 4.79 Å². The van der Waals surface area contributed by atoms with Gasteiger partial charge in [0.2, 0.25) is 0 Å². The maximum Gasteiger partial charge on any atom is 0.341 e. The summed E-state index contributed by atoms with van der Waals surface area (Å²) < 4.78 is 5.04. The van der Waals surface area contributed by atoms with Crippen molar-refractivity contribution in [3.8, 4) is 16.9 Å². The number of aliphatic carboxylic acids is 1. The Balaban J connectivity index is 2.12. The highest BCUT2D eigenvalue weighted by Crippen LogP contribution is 2.22. The predicted molar refractivity (Wildman–Crippen MR) is 67.2 cm³/mol. The average Bonchev–Trinajstić information content (AvgIpc) is 2.38. The lowest BCUT2D eigenvalue weighted by Gasteiger charge is -2.05. The molecule has 0 bridgehead atoms. The molecule has 3 N–H and O–H groups in total. The second kappa shape index (κ2) is 5.18. The van der Waals surface area contributed by atoms with Gasteiger partial charge in [-0.25, -0.2) is 9.78 Å². The summed E-state index contributed by atoms with van der Waals surface area (Å²) in [4.78, 5) is 14.4. The lowest BCUT2D eigenvalue weighted by molar-refractivity contribution is -0.139. The first-order valence-corrected chi connectivity index (χ1v) is 5.32. The molecule has 0 aliphatic heterocycles. The molecule has 0 atom stereocenters. The van der Waals surface area contributed by atoms with Crippen molar-refractivity contribution in [1.82, 2.24) is 4.98 Å². The molecular formula is C13H12N2O3. The molecule has 0 aliphatic rings. The summed E-state index contributed by atoms with van der Waals surface area (Å²) in [5.74, 6) is -0.00785. The normalized spacial score (nSPS) is 10.0. The van der Waals surface area contributed by atoms with Crippen LogP contribution in [0.4, 0.5) is 5.82 Å². The van der Waals surface area contributed by atoms with Crippen LogP contribution in [0.1, 0.15) is 0 Å². The van der Waals surface area contributed by atoms with Crippen LogP contribution in [0.15, 0.2) is 42.6 Å². The monoisotopic (exact) mass is 244 g/mol. The van der Waals surface area contributed by atoms with E-state index < -0.39 is 5.97 Å². The topological polar surface area (TPSA) is 85.4 Å². The lowest BCUT2D eigenvalue weighted by atomic mass is 10.1. The predicted octanol–water partition coefficient (Wildman–Crippen LogP) is 1.79. The van der Waals surface area contributed by atoms with Gasteiger partial charge in [0, 0.05) is 11.8 Å². The lowest BCUT2D eigenvalue weighted by Crippen LogP contribution is -2.09. The summed E-state index contributed by atoms with van der Waals surface area (Å²) in [7, 11) is 0. The maximum absolute atomic E-state index is 10.3. The van der Waals surface area contributed by atoms with Crippen molar-refractivity contribution in [2.24, 2.45) is 0 Å². The number of benzene rings is 1. The number of ether oxygens (including phenoxy) is 1. The number of nitrogen functional groups attached to an aromatic ring is 1. The van der Waals surface area contributed by atoms with E-state index in [1.54, 1.807) is 24.4 Å². The molecule has 1 aromatic carbocycles. The van der Waals surface area contributed by atoms with E-state index >= 15 is 0 Å². The van der Waals surface area contributed by atoms with Crippen molar-refractivity contribution in [3.63, 3.8) is 0 Å². The van der Waals surface area contributed by atoms with Gasteiger partial charge in [-0.15, -0.1) is 0 Å². The van der Waals surface area contributed by atoms with E-state index in [2.05, 4.69) is 4.98 Å². The molecule has 0 unspecified atom stereocenters. The van der Waals surface area contributed by atoms with Crippen LogP contribution in [0.5, 0.6) is 5.75 Å². The van der Waals surface area contributed by atoms with Crippen LogP contribution in [0.2, 0.25) is 0 Å². The minimum absolute atomic E-state index is 0.344. The van der Waals surface area contributed by atoms with Gasteiger partial charge >= 0.3 is 5.97 Å². The SMILES string of the molecule is Nc1ccc(-c2ccc(OCC(=O)O)cc2)cn1. The van der Waals surface area contributed by atoms with E-state index in [4.69, 9.17) is 15.6 Å². The quantitative estimate of drug-likeness (QED) is 0.856. The Hall–Kier alpha value is -2.56. The van der Waals surface area contributed by atoms with Crippen LogP contribution >= 0.6 is 0 Å². The molecule has 0 saturated carbocycles. The molecule has 0 spiro atoms. The number of rotatable bonds is 4. The molecule has 0 saturated heterocycles. The van der Waals surface area contributed by atoms with Gasteiger partial charge in [-0.3, -0.25) is 0 Å². The smallest absolute Gasteiger partial charge is 0.341 e. The fourth-order valence-electron chi connectivity index (χ4n) is 1.46. The summed E-state index contributed by atoms with van der Waals surface area (Å²) in [5.41, 5.74) is 7.41. The number of carboxylic acid groups (broad SMARTS) is 1. The number of pyridine rings is 1. The van der Waals surface area contributed by atoms with Crippen molar-refractivity contribution in [2.45, 2.75) is 0 Å². The van der Waals surface area contributed by atoms with E-state index in [1.807, 2.05) is 18.2 Å². The third-order valence-electron chi connectivity index (χ3n) is 2.34. The number of anilines is 1. The molecule has 2 rings (SSSR count). The molecule has 0 aliphatic carbocycles. The molecular weight excluding hydrogens is 232 g/mol. The largest absolute Gasteiger partial charge is 0.482 e. The molecule has 1 aromatic heterocycles. The highest BCUT2D eigenvalue weighted by molar-refractivity contribution is 5.68. The Kier molecular flexibility index (Phi) is 3.43. The molecule has 5 nitrogen and oxygen atoms in total. The van der Waals surface area contributed by atoms with Gasteiger partial charge in [0.15, 0.2) is 6.61 Å². The molecule has 92 valence electrons. The number of aromatic nitrogens is 1. The zero-order valence-corrected chi connectivity index (χ0v) is 9.54. The Morgan fingerprint density at radius 2 is 1.83 bits per heavy atom. The van der Waals surface area contributed by atoms with Gasteiger partial charge in [-0.1, -0.05) is 12.1 Å². The standard InChI is InChI=1S/C13H12N2O3/c14-12-6-3-10(7-15-12)9-1-4-11(5-2-9)18-8-13(16)17/h1-7H,8H2,(H2,14,15)(H,16,17). The third kappa shape index (κ3) is 2.98. The Labute approximate surface area is 104 Å². The van der Waals surface area contributed by atoms with Crippen LogP contribution < -0.4 is 10.5 Å². The summed E-state index contributed by atoms with van der Waals surface area (Å²) >= 11 is 0. The minimum Gasteiger partial charge on any atom is -0.482 e. The first-order valence-electron chi connectivity index (χ1n) is 5.32. The number of carbonyl (C=O) groups is 1. The number of carboxylic acids is 1. The number of nitrogens with zero attached hydrogens (tertiary/aromatic N) is 1. The summed E-state index contributed by atoms with van der Waals surface area (Å²) in [6, 6.07) is 10.7. The molecule has 2 aromatic rings. The second-order valence-corrected chi connectivity index (χ2v) is 3.68. The Bertz CT molecular complexity index is 535. The summed E-state index contributed by atoms with van der Waals surface area (Å²) in [6.07, 6.45) is 1.68. The number of nitrogens with two attached hydrogens (primary N) is 1. The van der Waals surface area contributed by atoms with Crippen LogP contribution in [0, 0.1) is 0 Å². The maximum atomic E-state index is 10.3. The first kappa shape index (κ1) is 11.9. The number of hydrogen-bond acceptors (Lipinski definition) is 4. The van der Waals surface area contributed by atoms with Crippen molar-refractivity contribution < 1.29 is 14.6 Å². The van der Waals surface area contributed by atoms with Crippen molar-refractivity contribution in [2.75, 3.05) is 12.3 Å². The molecule has 0 fully saturated rings. The zero-order chi connectivity index (χ0) is 13.0. The molecule has 5 heteroatoms. The van der Waals surface area contributed by atoms with Crippen LogP contribution in [-0.4, -0.2) is 22.7 Å². The van der Waals surface area contributed by atoms with Crippen molar-refractivity contribution >= 4 is 11.8 Å². The van der Waals surface area contributed by atoms with Gasteiger partial charge < -0.3 is 15.6 Å². The van der Waals surface area contributed by atoms with Gasteiger partial charge in [-0.2, -0.15) is 0 Å². The minimum atomic E-state index is -0.998. The van der Waals surface area contributed by atoms with Gasteiger partial charge in [0.25, 0.3) is 0 Å². The van der Waals surface area contributed by atoms with Crippen molar-refractivity contribution in [3.05, 3.63) is 42.6 Å². The van der Waals surface area contributed by atoms with Crippen LogP contribution in [0.3, 0.4) is 0 Å². The number of hydrogen-bond donors (Lipinski definition) is 2. The zero-order valence-electron chi connectivity index (χ0n) is 9.54. The highest BCUT2D eigenvalue weighted by Gasteiger charge is 2.01. The fourth-order valence-corrected chi connectivity index (χ4v) is 1.46. The molecule has 18 heavy (non-hydrogen) atoms. The summed E-state index contributed by atoms with van der Waals surface area (Å²) in [6.45, 7) is -0.344. The van der Waals surface area contributed by atoms with Crippen LogP contribution in [0.25, 0.3) is 11.1 Å². The summed E-state index contributed by atoms with van der Waals surface area (Å²) in [5, 5.41) is 8.49. The second-order valence-electron chi connectivity index (χ2n) is 3.68. The van der Waals surface area contributed by atoms with Gasteiger partial charge in [-0.05, 0) is 29.8 Å². The van der Waals surface area contributed by atoms with Gasteiger partial charge in [0.05, 0.1) is 0 Å². The Morgan fingerprint density at radius 3 is 2.39 bits per heavy atom. The van der Waals surface area contributed by atoms with E-state index in [9.17, 15) is 4.79 Å². The Morgan fingerprint density at radius 1 is 1.17 bits per heavy atom. The molecule has 1 heterocycles. The third-order valence-corrected chi connectivity index (χ3v) is 2.34. The van der Waals surface area contributed by atoms with E-state index in [0.717, 1.165) is 11.1 Å². The first-order chi connectivity index (χ1) is 8.65. The molecule has 0 radical (unpaired) electrons. The van der Waals surface area contributed by atoms with E-state index in [1.165, 1.54) is 0 Å². The fraction of sp³-hybridized carbons (Fsp3) is 0.0769. The van der Waals surface area contributed by atoms with Crippen molar-refractivity contribution in [1.29, 1.82) is 0 Å². The van der Waals surface area contributed by atoms with E-state index in [0.29, 0.717) is 11.6 Å². The van der Waals surface area contributed by atoms with Gasteiger partial charge in [0.1, 0.15) is 11.6 Å².